The van der Waals surface area contributed by atoms with E-state index in [0.717, 1.165) is 16.8 Å². The van der Waals surface area contributed by atoms with Crippen LogP contribution in [0, 0.1) is 13.8 Å². The van der Waals surface area contributed by atoms with Crippen molar-refractivity contribution in [2.75, 3.05) is 11.9 Å². The van der Waals surface area contributed by atoms with E-state index in [1.165, 1.54) is 0 Å². The molecule has 0 unspecified atom stereocenters. The highest BCUT2D eigenvalue weighted by molar-refractivity contribution is 5.92. The zero-order chi connectivity index (χ0) is 12.1. The Balaban J connectivity index is 2.59. The van der Waals surface area contributed by atoms with Crippen molar-refractivity contribution in [3.05, 3.63) is 29.3 Å². The molecule has 0 bridgehead atoms. The summed E-state index contributed by atoms with van der Waals surface area (Å²) in [5, 5.41) is 2.84. The van der Waals surface area contributed by atoms with Crippen LogP contribution >= 0.6 is 0 Å². The summed E-state index contributed by atoms with van der Waals surface area (Å²) in [6.45, 7) is 7.89. The summed E-state index contributed by atoms with van der Waals surface area (Å²) in [5.74, 6) is -0.109. The molecule has 0 aliphatic rings. The van der Waals surface area contributed by atoms with E-state index in [1.54, 1.807) is 0 Å². The summed E-state index contributed by atoms with van der Waals surface area (Å²) in [6.07, 6.45) is 0.0735. The summed E-state index contributed by atoms with van der Waals surface area (Å²) < 4.78 is 5.23. The van der Waals surface area contributed by atoms with Crippen LogP contribution in [0.1, 0.15) is 25.0 Å². The Morgan fingerprint density at radius 1 is 1.38 bits per heavy atom. The molecule has 3 heteroatoms. The molecule has 1 aromatic rings. The van der Waals surface area contributed by atoms with Crippen molar-refractivity contribution < 1.29 is 9.53 Å². The maximum Gasteiger partial charge on any atom is 0.250 e. The highest BCUT2D eigenvalue weighted by atomic mass is 16.5. The fraction of sp³-hybridized carbons (Fsp3) is 0.462. The lowest BCUT2D eigenvalue weighted by Crippen LogP contribution is -2.21. The molecule has 0 fully saturated rings. The average molecular weight is 221 g/mol. The van der Waals surface area contributed by atoms with Gasteiger partial charge in [0.05, 0.1) is 6.10 Å². The van der Waals surface area contributed by atoms with Crippen LogP contribution in [0.15, 0.2) is 18.2 Å². The Kier molecular flexibility index (Phi) is 4.50. The molecular weight excluding hydrogens is 202 g/mol. The third-order valence-electron chi connectivity index (χ3n) is 2.21. The maximum atomic E-state index is 11.5. The topological polar surface area (TPSA) is 38.3 Å². The average Bonchev–Trinajstić information content (AvgIpc) is 2.20. The quantitative estimate of drug-likeness (QED) is 0.848. The van der Waals surface area contributed by atoms with Crippen LogP contribution in [0.4, 0.5) is 5.69 Å². The number of amides is 1. The van der Waals surface area contributed by atoms with Gasteiger partial charge in [0, 0.05) is 5.69 Å². The third kappa shape index (κ3) is 4.03. The number of anilines is 1. The summed E-state index contributed by atoms with van der Waals surface area (Å²) in [5.41, 5.74) is 3.05. The summed E-state index contributed by atoms with van der Waals surface area (Å²) in [7, 11) is 0. The molecule has 1 rings (SSSR count). The SMILES string of the molecule is Cc1ccc(C)c(NC(=O)COC(C)C)c1. The number of hydrogen-bond donors (Lipinski definition) is 1. The van der Waals surface area contributed by atoms with Crippen molar-refractivity contribution in [1.82, 2.24) is 0 Å². The van der Waals surface area contributed by atoms with E-state index in [2.05, 4.69) is 5.32 Å². The number of benzene rings is 1. The van der Waals surface area contributed by atoms with Crippen LogP contribution in [0.25, 0.3) is 0 Å². The van der Waals surface area contributed by atoms with Gasteiger partial charge in [0.1, 0.15) is 6.61 Å². The minimum absolute atomic E-state index is 0.0735. The van der Waals surface area contributed by atoms with Gasteiger partial charge in [-0.05, 0) is 44.9 Å². The number of carbonyl (C=O) groups excluding carboxylic acids is 1. The molecule has 0 saturated carbocycles. The molecule has 3 nitrogen and oxygen atoms in total. The van der Waals surface area contributed by atoms with E-state index in [9.17, 15) is 4.79 Å². The minimum atomic E-state index is -0.109. The Hall–Kier alpha value is -1.35. The second kappa shape index (κ2) is 5.66. The maximum absolute atomic E-state index is 11.5. The highest BCUT2D eigenvalue weighted by Crippen LogP contribution is 2.16. The van der Waals surface area contributed by atoms with Gasteiger partial charge in [-0.1, -0.05) is 12.1 Å². The van der Waals surface area contributed by atoms with Crippen molar-refractivity contribution in [2.24, 2.45) is 0 Å². The van der Waals surface area contributed by atoms with Crippen molar-refractivity contribution >= 4 is 11.6 Å². The van der Waals surface area contributed by atoms with Gasteiger partial charge in [0.15, 0.2) is 0 Å². The first-order chi connectivity index (χ1) is 7.49. The van der Waals surface area contributed by atoms with Crippen molar-refractivity contribution in [2.45, 2.75) is 33.8 Å². The van der Waals surface area contributed by atoms with E-state index in [1.807, 2.05) is 45.9 Å². The highest BCUT2D eigenvalue weighted by Gasteiger charge is 2.06. The second-order valence-corrected chi connectivity index (χ2v) is 4.23. The van der Waals surface area contributed by atoms with Crippen LogP contribution in [-0.4, -0.2) is 18.6 Å². The molecule has 16 heavy (non-hydrogen) atoms. The zero-order valence-corrected chi connectivity index (χ0v) is 10.3. The van der Waals surface area contributed by atoms with Crippen LogP contribution < -0.4 is 5.32 Å². The number of carbonyl (C=O) groups is 1. The van der Waals surface area contributed by atoms with Crippen molar-refractivity contribution in [3.8, 4) is 0 Å². The molecule has 0 saturated heterocycles. The van der Waals surface area contributed by atoms with Gasteiger partial charge in [0.2, 0.25) is 5.91 Å². The molecule has 1 N–H and O–H groups in total. The fourth-order valence-electron chi connectivity index (χ4n) is 1.30. The molecular formula is C13H19NO2. The molecule has 88 valence electrons. The largest absolute Gasteiger partial charge is 0.369 e. The van der Waals surface area contributed by atoms with Gasteiger partial charge >= 0.3 is 0 Å². The predicted octanol–water partition coefficient (Wildman–Crippen LogP) is 2.67. The van der Waals surface area contributed by atoms with Gasteiger partial charge in [-0.25, -0.2) is 0 Å². The third-order valence-corrected chi connectivity index (χ3v) is 2.21. The van der Waals surface area contributed by atoms with Crippen molar-refractivity contribution in [1.29, 1.82) is 0 Å². The Bertz CT molecular complexity index is 372. The number of aryl methyl sites for hydroxylation is 2. The smallest absolute Gasteiger partial charge is 0.250 e. The number of rotatable bonds is 4. The van der Waals surface area contributed by atoms with Gasteiger partial charge in [-0.15, -0.1) is 0 Å². The van der Waals surface area contributed by atoms with Crippen LogP contribution in [0.2, 0.25) is 0 Å². The first-order valence-corrected chi connectivity index (χ1v) is 5.47. The molecule has 0 atom stereocenters. The molecule has 0 radical (unpaired) electrons. The predicted molar refractivity (Wildman–Crippen MR) is 65.6 cm³/mol. The summed E-state index contributed by atoms with van der Waals surface area (Å²) >= 11 is 0. The van der Waals surface area contributed by atoms with Crippen molar-refractivity contribution in [3.63, 3.8) is 0 Å². The summed E-state index contributed by atoms with van der Waals surface area (Å²) in [6, 6.07) is 5.98. The first kappa shape index (κ1) is 12.7. The number of ether oxygens (including phenoxy) is 1. The lowest BCUT2D eigenvalue weighted by Gasteiger charge is -2.11. The molecule has 0 spiro atoms. The van der Waals surface area contributed by atoms with E-state index in [0.29, 0.717) is 0 Å². The number of hydrogen-bond acceptors (Lipinski definition) is 2. The Morgan fingerprint density at radius 3 is 2.69 bits per heavy atom. The van der Waals surface area contributed by atoms with Crippen LogP contribution in [0.3, 0.4) is 0 Å². The Labute approximate surface area is 96.8 Å². The lowest BCUT2D eigenvalue weighted by atomic mass is 10.1. The molecule has 0 heterocycles. The number of nitrogens with one attached hydrogen (secondary N) is 1. The molecule has 0 aliphatic carbocycles. The zero-order valence-electron chi connectivity index (χ0n) is 10.3. The minimum Gasteiger partial charge on any atom is -0.369 e. The van der Waals surface area contributed by atoms with E-state index >= 15 is 0 Å². The fourth-order valence-corrected chi connectivity index (χ4v) is 1.30. The lowest BCUT2D eigenvalue weighted by molar-refractivity contribution is -0.121. The normalized spacial score (nSPS) is 10.6. The molecule has 0 aromatic heterocycles. The van der Waals surface area contributed by atoms with Crippen LogP contribution in [-0.2, 0) is 9.53 Å². The Morgan fingerprint density at radius 2 is 2.06 bits per heavy atom. The second-order valence-electron chi connectivity index (χ2n) is 4.23. The van der Waals surface area contributed by atoms with E-state index in [-0.39, 0.29) is 18.6 Å². The van der Waals surface area contributed by atoms with E-state index < -0.39 is 0 Å². The van der Waals surface area contributed by atoms with Crippen LogP contribution in [0.5, 0.6) is 0 Å². The molecule has 1 aromatic carbocycles. The molecule has 0 aliphatic heterocycles. The van der Waals surface area contributed by atoms with E-state index in [4.69, 9.17) is 4.74 Å². The van der Waals surface area contributed by atoms with Gasteiger partial charge in [-0.2, -0.15) is 0 Å². The summed E-state index contributed by atoms with van der Waals surface area (Å²) in [4.78, 5) is 11.5. The van der Waals surface area contributed by atoms with Gasteiger partial charge in [-0.3, -0.25) is 4.79 Å². The first-order valence-electron chi connectivity index (χ1n) is 5.47. The molecule has 1 amide bonds. The van der Waals surface area contributed by atoms with Gasteiger partial charge < -0.3 is 10.1 Å². The monoisotopic (exact) mass is 221 g/mol. The van der Waals surface area contributed by atoms with Gasteiger partial charge in [0.25, 0.3) is 0 Å². The standard InChI is InChI=1S/C13H19NO2/c1-9(2)16-8-13(15)14-12-7-10(3)5-6-11(12)4/h5-7,9H,8H2,1-4H3,(H,14,15).